The molecule has 0 bridgehead atoms. The summed E-state index contributed by atoms with van der Waals surface area (Å²) in [5.74, 6) is -0.303. The van der Waals surface area contributed by atoms with Gasteiger partial charge in [0.25, 0.3) is 5.56 Å². The van der Waals surface area contributed by atoms with Gasteiger partial charge in [-0.2, -0.15) is 0 Å². The lowest BCUT2D eigenvalue weighted by Gasteiger charge is -2.11. The normalized spacial score (nSPS) is 11.0. The number of pyridine rings is 1. The molecule has 0 amide bonds. The fourth-order valence-electron chi connectivity index (χ4n) is 3.08. The van der Waals surface area contributed by atoms with Crippen molar-refractivity contribution in [2.45, 2.75) is 6.54 Å². The second kappa shape index (κ2) is 6.89. The summed E-state index contributed by atoms with van der Waals surface area (Å²) in [5, 5.41) is 2.28. The van der Waals surface area contributed by atoms with Crippen LogP contribution in [0.1, 0.15) is 5.56 Å². The standard InChI is InChI=1S/C22H15BrFNO/c23-21-20(18-9-8-16-5-1-2-6-17(16)13-18)10-11-25(22(21)26)14-15-4-3-7-19(24)12-15/h1-13H,14H2. The third-order valence-corrected chi connectivity index (χ3v) is 5.18. The average Bonchev–Trinajstić information content (AvgIpc) is 2.65. The zero-order valence-electron chi connectivity index (χ0n) is 13.8. The Morgan fingerprint density at radius 3 is 2.50 bits per heavy atom. The molecule has 3 aromatic carbocycles. The summed E-state index contributed by atoms with van der Waals surface area (Å²) in [7, 11) is 0. The van der Waals surface area contributed by atoms with E-state index in [-0.39, 0.29) is 11.4 Å². The predicted octanol–water partition coefficient (Wildman–Crippen LogP) is 5.62. The molecule has 0 aliphatic carbocycles. The first kappa shape index (κ1) is 16.7. The Balaban J connectivity index is 1.74. The molecule has 0 spiro atoms. The predicted molar refractivity (Wildman–Crippen MR) is 107 cm³/mol. The average molecular weight is 408 g/mol. The van der Waals surface area contributed by atoms with Gasteiger partial charge in [-0.15, -0.1) is 0 Å². The van der Waals surface area contributed by atoms with Crippen LogP contribution in [-0.2, 0) is 6.54 Å². The Morgan fingerprint density at radius 2 is 1.69 bits per heavy atom. The van der Waals surface area contributed by atoms with Gasteiger partial charge in [-0.25, -0.2) is 4.39 Å². The molecule has 0 aliphatic heterocycles. The van der Waals surface area contributed by atoms with Gasteiger partial charge in [-0.1, -0.05) is 48.5 Å². The van der Waals surface area contributed by atoms with Crippen molar-refractivity contribution in [1.29, 1.82) is 0 Å². The number of aromatic nitrogens is 1. The Kier molecular flexibility index (Phi) is 4.43. The largest absolute Gasteiger partial charge is 0.310 e. The van der Waals surface area contributed by atoms with Crippen LogP contribution in [0.4, 0.5) is 4.39 Å². The molecule has 0 saturated heterocycles. The minimum atomic E-state index is -0.303. The van der Waals surface area contributed by atoms with E-state index in [1.54, 1.807) is 22.9 Å². The third kappa shape index (κ3) is 3.20. The summed E-state index contributed by atoms with van der Waals surface area (Å²) in [4.78, 5) is 12.7. The maximum Gasteiger partial charge on any atom is 0.265 e. The third-order valence-electron chi connectivity index (χ3n) is 4.41. The van der Waals surface area contributed by atoms with Crippen molar-refractivity contribution in [3.8, 4) is 11.1 Å². The van der Waals surface area contributed by atoms with Crippen molar-refractivity contribution >= 4 is 26.7 Å². The van der Waals surface area contributed by atoms with Crippen molar-refractivity contribution in [1.82, 2.24) is 4.57 Å². The molecule has 0 fully saturated rings. The number of rotatable bonds is 3. The van der Waals surface area contributed by atoms with E-state index in [4.69, 9.17) is 0 Å². The first-order valence-corrected chi connectivity index (χ1v) is 9.04. The van der Waals surface area contributed by atoms with Crippen molar-refractivity contribution in [2.24, 2.45) is 0 Å². The summed E-state index contributed by atoms with van der Waals surface area (Å²) >= 11 is 3.45. The molecule has 0 radical (unpaired) electrons. The van der Waals surface area contributed by atoms with Crippen LogP contribution < -0.4 is 5.56 Å². The van der Waals surface area contributed by atoms with Crippen molar-refractivity contribution < 1.29 is 4.39 Å². The molecule has 2 nitrogen and oxygen atoms in total. The summed E-state index contributed by atoms with van der Waals surface area (Å²) in [6, 6.07) is 22.5. The zero-order valence-corrected chi connectivity index (χ0v) is 15.4. The van der Waals surface area contributed by atoms with E-state index >= 15 is 0 Å². The zero-order chi connectivity index (χ0) is 18.1. The number of fused-ring (bicyclic) bond motifs is 1. The molecule has 0 unspecified atom stereocenters. The van der Waals surface area contributed by atoms with Crippen LogP contribution in [0.25, 0.3) is 21.9 Å². The highest BCUT2D eigenvalue weighted by molar-refractivity contribution is 9.10. The van der Waals surface area contributed by atoms with Gasteiger partial charge in [0, 0.05) is 11.8 Å². The van der Waals surface area contributed by atoms with E-state index in [2.05, 4.69) is 40.2 Å². The van der Waals surface area contributed by atoms with E-state index in [9.17, 15) is 9.18 Å². The molecule has 0 N–H and O–H groups in total. The molecule has 4 rings (SSSR count). The highest BCUT2D eigenvalue weighted by atomic mass is 79.9. The molecular weight excluding hydrogens is 393 g/mol. The van der Waals surface area contributed by atoms with Crippen LogP contribution in [0.15, 0.2) is 88.3 Å². The van der Waals surface area contributed by atoms with E-state index in [1.165, 1.54) is 12.1 Å². The Labute approximate surface area is 158 Å². The van der Waals surface area contributed by atoms with Gasteiger partial charge in [-0.05, 0) is 62.1 Å². The van der Waals surface area contributed by atoms with Gasteiger partial charge in [0.1, 0.15) is 5.82 Å². The molecule has 0 atom stereocenters. The molecule has 0 aliphatic rings. The van der Waals surface area contributed by atoms with Crippen LogP contribution in [0.3, 0.4) is 0 Å². The molecule has 0 saturated carbocycles. The maximum atomic E-state index is 13.4. The topological polar surface area (TPSA) is 22.0 Å². The second-order valence-corrected chi connectivity index (χ2v) is 6.96. The van der Waals surface area contributed by atoms with Crippen LogP contribution >= 0.6 is 15.9 Å². The lowest BCUT2D eigenvalue weighted by atomic mass is 10.0. The molecule has 1 aromatic heterocycles. The second-order valence-electron chi connectivity index (χ2n) is 6.17. The Morgan fingerprint density at radius 1 is 0.885 bits per heavy atom. The molecule has 128 valence electrons. The Hall–Kier alpha value is -2.72. The minimum Gasteiger partial charge on any atom is -0.310 e. The van der Waals surface area contributed by atoms with Gasteiger partial charge in [0.05, 0.1) is 11.0 Å². The lowest BCUT2D eigenvalue weighted by Crippen LogP contribution is -2.21. The fourth-order valence-corrected chi connectivity index (χ4v) is 3.67. The Bertz CT molecular complexity index is 1170. The quantitative estimate of drug-likeness (QED) is 0.432. The van der Waals surface area contributed by atoms with Crippen LogP contribution in [0, 0.1) is 5.82 Å². The fraction of sp³-hybridized carbons (Fsp3) is 0.0455. The highest BCUT2D eigenvalue weighted by Crippen LogP contribution is 2.28. The lowest BCUT2D eigenvalue weighted by molar-refractivity contribution is 0.622. The first-order chi connectivity index (χ1) is 12.6. The van der Waals surface area contributed by atoms with Crippen LogP contribution in [-0.4, -0.2) is 4.57 Å². The van der Waals surface area contributed by atoms with E-state index in [0.717, 1.165) is 27.5 Å². The molecule has 1 heterocycles. The monoisotopic (exact) mass is 407 g/mol. The molecule has 26 heavy (non-hydrogen) atoms. The summed E-state index contributed by atoms with van der Waals surface area (Å²) in [6.07, 6.45) is 1.75. The molecule has 4 aromatic rings. The van der Waals surface area contributed by atoms with Crippen molar-refractivity contribution in [3.05, 3.63) is 105 Å². The van der Waals surface area contributed by atoms with Gasteiger partial charge >= 0.3 is 0 Å². The SMILES string of the molecule is O=c1c(Br)c(-c2ccc3ccccc3c2)ccn1Cc1cccc(F)c1. The van der Waals surface area contributed by atoms with E-state index in [1.807, 2.05) is 24.3 Å². The number of benzene rings is 3. The summed E-state index contributed by atoms with van der Waals surface area (Å²) in [6.45, 7) is 0.327. The summed E-state index contributed by atoms with van der Waals surface area (Å²) in [5.41, 5.74) is 2.43. The van der Waals surface area contributed by atoms with E-state index < -0.39 is 0 Å². The van der Waals surface area contributed by atoms with Gasteiger partial charge in [0.2, 0.25) is 0 Å². The molecule has 4 heteroatoms. The van der Waals surface area contributed by atoms with Crippen LogP contribution in [0.5, 0.6) is 0 Å². The van der Waals surface area contributed by atoms with Crippen molar-refractivity contribution in [2.75, 3.05) is 0 Å². The highest BCUT2D eigenvalue weighted by Gasteiger charge is 2.10. The van der Waals surface area contributed by atoms with E-state index in [0.29, 0.717) is 11.0 Å². The smallest absolute Gasteiger partial charge is 0.265 e. The van der Waals surface area contributed by atoms with Crippen molar-refractivity contribution in [3.63, 3.8) is 0 Å². The number of hydrogen-bond acceptors (Lipinski definition) is 1. The maximum absolute atomic E-state index is 13.4. The van der Waals surface area contributed by atoms with Gasteiger partial charge in [-0.3, -0.25) is 4.79 Å². The number of halogens is 2. The van der Waals surface area contributed by atoms with Gasteiger partial charge < -0.3 is 4.57 Å². The number of hydrogen-bond donors (Lipinski definition) is 0. The summed E-state index contributed by atoms with van der Waals surface area (Å²) < 4.78 is 15.4. The van der Waals surface area contributed by atoms with Gasteiger partial charge in [0.15, 0.2) is 0 Å². The minimum absolute atomic E-state index is 0.139. The molecular formula is C22H15BrFNO. The first-order valence-electron chi connectivity index (χ1n) is 8.24. The van der Waals surface area contributed by atoms with Crippen LogP contribution in [0.2, 0.25) is 0 Å². The number of nitrogens with zero attached hydrogens (tertiary/aromatic N) is 1.